The Bertz CT molecular complexity index is 1870. The molecule has 5 aromatic rings. The van der Waals surface area contributed by atoms with Crippen LogP contribution in [-0.4, -0.2) is 47.6 Å². The number of fused-ring (bicyclic) bond motifs is 2. The molecule has 0 saturated heterocycles. The molecule has 43 heavy (non-hydrogen) atoms. The lowest BCUT2D eigenvalue weighted by Gasteiger charge is -2.13. The summed E-state index contributed by atoms with van der Waals surface area (Å²) in [5, 5.41) is 9.35. The van der Waals surface area contributed by atoms with E-state index in [4.69, 9.17) is 15.2 Å². The van der Waals surface area contributed by atoms with Gasteiger partial charge in [0.05, 0.1) is 25.8 Å². The number of benzene rings is 2. The number of nitrogens with two attached hydrogens (primary N) is 1. The van der Waals surface area contributed by atoms with Gasteiger partial charge in [-0.25, -0.2) is 4.98 Å². The minimum absolute atomic E-state index is 0.102. The Hall–Kier alpha value is -5.16. The van der Waals surface area contributed by atoms with Crippen LogP contribution in [0.25, 0.3) is 38.2 Å². The van der Waals surface area contributed by atoms with Gasteiger partial charge in [0.1, 0.15) is 17.3 Å². The molecule has 0 aliphatic carbocycles. The molecule has 0 unspecified atom stereocenters. The van der Waals surface area contributed by atoms with Crippen LogP contribution >= 0.6 is 11.3 Å². The zero-order chi connectivity index (χ0) is 30.5. The quantitative estimate of drug-likeness (QED) is 0.145. The number of ether oxygens (including phenoxy) is 2. The van der Waals surface area contributed by atoms with Crippen LogP contribution in [0, 0.1) is 0 Å². The molecule has 0 spiro atoms. The predicted molar refractivity (Wildman–Crippen MR) is 170 cm³/mol. The number of rotatable bonds is 10. The summed E-state index contributed by atoms with van der Waals surface area (Å²) < 4.78 is 13.2. The van der Waals surface area contributed by atoms with E-state index in [1.165, 1.54) is 17.4 Å². The maximum absolute atomic E-state index is 13.2. The fourth-order valence-corrected chi connectivity index (χ4v) is 5.90. The molecule has 2 aromatic carbocycles. The average molecular weight is 598 g/mol. The number of carbonyl (C=O) groups excluding carboxylic acids is 3. The first-order valence-corrected chi connectivity index (χ1v) is 14.5. The fraction of sp³-hybridized carbons (Fsp3) is 0.188. The Morgan fingerprint density at radius 3 is 2.72 bits per heavy atom. The van der Waals surface area contributed by atoms with Crippen LogP contribution in [0.3, 0.4) is 0 Å². The largest absolute Gasteiger partial charge is 0.495 e. The third-order valence-electron chi connectivity index (χ3n) is 6.95. The Kier molecular flexibility index (Phi) is 8.72. The maximum Gasteiger partial charge on any atom is 0.307 e. The van der Waals surface area contributed by atoms with Crippen molar-refractivity contribution in [2.45, 2.75) is 13.3 Å². The number of aromatic nitrogens is 2. The van der Waals surface area contributed by atoms with Crippen LogP contribution < -0.4 is 21.1 Å². The van der Waals surface area contributed by atoms with Crippen LogP contribution in [0.4, 0.5) is 11.5 Å². The zero-order valence-electron chi connectivity index (χ0n) is 24.0. The maximum atomic E-state index is 13.2. The lowest BCUT2D eigenvalue weighted by atomic mass is 10.0. The van der Waals surface area contributed by atoms with Gasteiger partial charge >= 0.3 is 5.97 Å². The first-order chi connectivity index (χ1) is 20.8. The SMILES string of the molecule is CCOC(=O)CCNC(=O)/C=C/c1cnc(N)c2c(-c3ccc(NC(=O)c4cc5ccccc5n4C)c(OC)c3)csc12. The Balaban J connectivity index is 1.36. The number of hydrogen-bond acceptors (Lipinski definition) is 8. The number of hydrogen-bond donors (Lipinski definition) is 3. The summed E-state index contributed by atoms with van der Waals surface area (Å²) in [7, 11) is 3.41. The van der Waals surface area contributed by atoms with E-state index in [1.54, 1.807) is 32.4 Å². The van der Waals surface area contributed by atoms with E-state index in [9.17, 15) is 14.4 Å². The highest BCUT2D eigenvalue weighted by Crippen LogP contribution is 2.41. The second-order valence-electron chi connectivity index (χ2n) is 9.65. The molecule has 2 amide bonds. The molecular weight excluding hydrogens is 566 g/mol. The monoisotopic (exact) mass is 597 g/mol. The minimum Gasteiger partial charge on any atom is -0.495 e. The number of aryl methyl sites for hydroxylation is 1. The van der Waals surface area contributed by atoms with Crippen LogP contribution in [-0.2, 0) is 21.4 Å². The van der Waals surface area contributed by atoms with E-state index in [1.807, 2.05) is 59.5 Å². The van der Waals surface area contributed by atoms with Gasteiger partial charge < -0.3 is 30.4 Å². The van der Waals surface area contributed by atoms with Crippen molar-refractivity contribution in [3.05, 3.63) is 77.4 Å². The number of para-hydroxylation sites is 1. The highest BCUT2D eigenvalue weighted by atomic mass is 32.1. The average Bonchev–Trinajstić information content (AvgIpc) is 3.60. The third-order valence-corrected chi connectivity index (χ3v) is 7.97. The van der Waals surface area contributed by atoms with Gasteiger partial charge in [-0.15, -0.1) is 11.3 Å². The van der Waals surface area contributed by atoms with Crippen molar-refractivity contribution in [3.8, 4) is 16.9 Å². The molecule has 0 fully saturated rings. The minimum atomic E-state index is -0.362. The number of nitrogens with one attached hydrogen (secondary N) is 2. The van der Waals surface area contributed by atoms with Gasteiger partial charge in [-0.1, -0.05) is 24.3 Å². The van der Waals surface area contributed by atoms with Crippen molar-refractivity contribution in [3.63, 3.8) is 0 Å². The lowest BCUT2D eigenvalue weighted by molar-refractivity contribution is -0.142. The summed E-state index contributed by atoms with van der Waals surface area (Å²) in [6.07, 6.45) is 4.78. The van der Waals surface area contributed by atoms with Gasteiger partial charge in [-0.3, -0.25) is 14.4 Å². The van der Waals surface area contributed by atoms with E-state index < -0.39 is 0 Å². The second kappa shape index (κ2) is 12.8. The number of amides is 2. The van der Waals surface area contributed by atoms with Gasteiger partial charge in [0, 0.05) is 58.0 Å². The zero-order valence-corrected chi connectivity index (χ0v) is 24.8. The second-order valence-corrected chi connectivity index (χ2v) is 10.5. The third kappa shape index (κ3) is 6.21. The smallest absolute Gasteiger partial charge is 0.307 e. The highest BCUT2D eigenvalue weighted by molar-refractivity contribution is 7.18. The van der Waals surface area contributed by atoms with Crippen LogP contribution in [0.1, 0.15) is 29.4 Å². The van der Waals surface area contributed by atoms with E-state index in [2.05, 4.69) is 15.6 Å². The standard InChI is InChI=1S/C32H31N5O5S/c1-4-42-28(39)13-14-34-27(38)12-10-21-17-35-31(33)29-22(18-43-30(21)29)19-9-11-23(26(16-19)41-3)36-32(40)25-15-20-7-5-6-8-24(20)37(25)2/h5-12,15-18H,4,13-14H2,1-3H3,(H2,33,35)(H,34,38)(H,36,40)/b12-10+. The van der Waals surface area contributed by atoms with Crippen molar-refractivity contribution >= 4 is 67.7 Å². The molecular formula is C32H31N5O5S. The van der Waals surface area contributed by atoms with Gasteiger partial charge in [0.25, 0.3) is 5.91 Å². The van der Waals surface area contributed by atoms with Crippen molar-refractivity contribution in [2.75, 3.05) is 31.3 Å². The summed E-state index contributed by atoms with van der Waals surface area (Å²) >= 11 is 1.48. The summed E-state index contributed by atoms with van der Waals surface area (Å²) in [6.45, 7) is 2.21. The molecule has 0 aliphatic heterocycles. The van der Waals surface area contributed by atoms with E-state index in [-0.39, 0.29) is 30.7 Å². The van der Waals surface area contributed by atoms with E-state index >= 15 is 0 Å². The van der Waals surface area contributed by atoms with Gasteiger partial charge in [0.15, 0.2) is 0 Å². The normalized spacial score (nSPS) is 11.2. The van der Waals surface area contributed by atoms with E-state index in [0.29, 0.717) is 29.6 Å². The summed E-state index contributed by atoms with van der Waals surface area (Å²) in [5.74, 6) is -0.1000. The number of carbonyl (C=O) groups is 3. The number of pyridine rings is 1. The number of nitrogen functional groups attached to an aromatic ring is 1. The summed E-state index contributed by atoms with van der Waals surface area (Å²) in [5.41, 5.74) is 10.8. The predicted octanol–water partition coefficient (Wildman–Crippen LogP) is 5.38. The molecule has 10 nitrogen and oxygen atoms in total. The summed E-state index contributed by atoms with van der Waals surface area (Å²) in [4.78, 5) is 41.3. The number of esters is 1. The molecule has 220 valence electrons. The Labute approximate surface area is 252 Å². The fourth-order valence-electron chi connectivity index (χ4n) is 4.82. The first kappa shape index (κ1) is 29.3. The Morgan fingerprint density at radius 2 is 1.95 bits per heavy atom. The molecule has 0 bridgehead atoms. The topological polar surface area (TPSA) is 138 Å². The number of nitrogens with zero attached hydrogens (tertiary/aromatic N) is 2. The molecule has 0 saturated carbocycles. The molecule has 3 aromatic heterocycles. The van der Waals surface area contributed by atoms with Crippen LogP contribution in [0.2, 0.25) is 0 Å². The van der Waals surface area contributed by atoms with Gasteiger partial charge in [0.2, 0.25) is 5.91 Å². The van der Waals surface area contributed by atoms with Crippen molar-refractivity contribution in [2.24, 2.45) is 7.05 Å². The first-order valence-electron chi connectivity index (χ1n) is 13.6. The summed E-state index contributed by atoms with van der Waals surface area (Å²) in [6, 6.07) is 15.2. The number of methoxy groups -OCH3 is 1. The number of thiophene rings is 1. The molecule has 5 rings (SSSR count). The van der Waals surface area contributed by atoms with Crippen molar-refractivity contribution in [1.29, 1.82) is 0 Å². The molecule has 11 heteroatoms. The molecule has 3 heterocycles. The molecule has 0 atom stereocenters. The van der Waals surface area contributed by atoms with Gasteiger partial charge in [-0.05, 0) is 48.2 Å². The number of anilines is 2. The van der Waals surface area contributed by atoms with Crippen molar-refractivity contribution in [1.82, 2.24) is 14.9 Å². The van der Waals surface area contributed by atoms with E-state index in [0.717, 1.165) is 37.7 Å². The van der Waals surface area contributed by atoms with Crippen LogP contribution in [0.5, 0.6) is 5.75 Å². The molecule has 0 radical (unpaired) electrons. The molecule has 0 aliphatic rings. The lowest BCUT2D eigenvalue weighted by Crippen LogP contribution is -2.24. The highest BCUT2D eigenvalue weighted by Gasteiger charge is 2.18. The van der Waals surface area contributed by atoms with Crippen molar-refractivity contribution < 1.29 is 23.9 Å². The van der Waals surface area contributed by atoms with Gasteiger partial charge in [-0.2, -0.15) is 0 Å². The Morgan fingerprint density at radius 1 is 1.14 bits per heavy atom. The molecule has 4 N–H and O–H groups in total. The van der Waals surface area contributed by atoms with Crippen LogP contribution in [0.15, 0.2) is 66.2 Å².